The maximum absolute atomic E-state index is 13.0. The first-order valence-electron chi connectivity index (χ1n) is 9.31. The summed E-state index contributed by atoms with van der Waals surface area (Å²) in [7, 11) is 0. The fraction of sp³-hybridized carbons (Fsp3) is 0.579. The Balaban J connectivity index is 1.43. The average molecular weight is 342 g/mol. The van der Waals surface area contributed by atoms with Gasteiger partial charge in [0.1, 0.15) is 0 Å². The van der Waals surface area contributed by atoms with Crippen LogP contribution in [-0.2, 0) is 11.2 Å². The predicted octanol–water partition coefficient (Wildman–Crippen LogP) is 0.702. The van der Waals surface area contributed by atoms with Gasteiger partial charge in [-0.1, -0.05) is 12.1 Å². The highest BCUT2D eigenvalue weighted by Gasteiger charge is 2.31. The van der Waals surface area contributed by atoms with E-state index in [4.69, 9.17) is 5.73 Å². The monoisotopic (exact) mass is 342 g/mol. The Morgan fingerprint density at radius 3 is 2.88 bits per heavy atom. The van der Waals surface area contributed by atoms with Crippen LogP contribution in [0.1, 0.15) is 28.8 Å². The van der Waals surface area contributed by atoms with Gasteiger partial charge in [-0.25, -0.2) is 0 Å². The van der Waals surface area contributed by atoms with Gasteiger partial charge in [0.15, 0.2) is 0 Å². The van der Waals surface area contributed by atoms with Gasteiger partial charge in [-0.2, -0.15) is 0 Å². The Morgan fingerprint density at radius 2 is 2.04 bits per heavy atom. The molecule has 0 aromatic heterocycles. The summed E-state index contributed by atoms with van der Waals surface area (Å²) < 4.78 is 0. The molecule has 2 N–H and O–H groups in total. The maximum Gasteiger partial charge on any atom is 0.256 e. The molecular formula is C19H26N4O2. The number of primary amides is 1. The molecule has 2 amide bonds. The van der Waals surface area contributed by atoms with E-state index in [9.17, 15) is 9.59 Å². The van der Waals surface area contributed by atoms with E-state index in [1.807, 2.05) is 17.0 Å². The molecule has 0 radical (unpaired) electrons. The van der Waals surface area contributed by atoms with E-state index in [0.717, 1.165) is 69.8 Å². The molecular weight excluding hydrogens is 316 g/mol. The van der Waals surface area contributed by atoms with E-state index in [-0.39, 0.29) is 17.7 Å². The lowest BCUT2D eigenvalue weighted by Crippen LogP contribution is -2.45. The third kappa shape index (κ3) is 3.11. The minimum absolute atomic E-state index is 0.0436. The van der Waals surface area contributed by atoms with Crippen molar-refractivity contribution in [2.45, 2.75) is 19.3 Å². The molecule has 1 aromatic rings. The molecule has 0 spiro atoms. The first-order valence-corrected chi connectivity index (χ1v) is 9.31. The molecule has 0 bridgehead atoms. The summed E-state index contributed by atoms with van der Waals surface area (Å²) in [4.78, 5) is 31.1. The number of benzene rings is 1. The van der Waals surface area contributed by atoms with Crippen LogP contribution in [0.25, 0.3) is 0 Å². The number of hydrogen-bond donors (Lipinski definition) is 1. The van der Waals surface area contributed by atoms with Gasteiger partial charge in [-0.15, -0.1) is 0 Å². The van der Waals surface area contributed by atoms with Crippen molar-refractivity contribution in [3.05, 3.63) is 29.3 Å². The normalized spacial score (nSPS) is 23.5. The third-order valence-electron chi connectivity index (χ3n) is 5.84. The number of hydrogen-bond acceptors (Lipinski definition) is 4. The highest BCUT2D eigenvalue weighted by Crippen LogP contribution is 2.34. The van der Waals surface area contributed by atoms with Crippen molar-refractivity contribution >= 4 is 17.5 Å². The summed E-state index contributed by atoms with van der Waals surface area (Å²) in [6, 6.07) is 6.10. The number of likely N-dealkylation sites (tertiary alicyclic amines) is 1. The van der Waals surface area contributed by atoms with Crippen LogP contribution >= 0.6 is 0 Å². The van der Waals surface area contributed by atoms with Crippen molar-refractivity contribution in [3.8, 4) is 0 Å². The summed E-state index contributed by atoms with van der Waals surface area (Å²) in [5, 5.41) is 0. The number of nitrogens with two attached hydrogens (primary N) is 1. The van der Waals surface area contributed by atoms with E-state index in [1.165, 1.54) is 5.56 Å². The number of nitrogens with zero attached hydrogens (tertiary/aromatic N) is 3. The van der Waals surface area contributed by atoms with E-state index < -0.39 is 0 Å². The molecule has 3 aliphatic heterocycles. The summed E-state index contributed by atoms with van der Waals surface area (Å²) in [5.41, 5.74) is 8.77. The third-order valence-corrected chi connectivity index (χ3v) is 5.84. The minimum Gasteiger partial charge on any atom is -0.369 e. The molecule has 1 aromatic carbocycles. The summed E-state index contributed by atoms with van der Waals surface area (Å²) in [5.74, 6) is -0.0996. The second-order valence-corrected chi connectivity index (χ2v) is 7.38. The number of rotatable bonds is 4. The van der Waals surface area contributed by atoms with Crippen molar-refractivity contribution < 1.29 is 9.59 Å². The van der Waals surface area contributed by atoms with Crippen LogP contribution in [0.5, 0.6) is 0 Å². The SMILES string of the molecule is NC(=O)[C@@H]1CCCN(CCN2CCN3CCc4cccc(c43)C2=O)C1. The Labute approximate surface area is 148 Å². The second kappa shape index (κ2) is 6.67. The highest BCUT2D eigenvalue weighted by molar-refractivity contribution is 6.01. The van der Waals surface area contributed by atoms with Crippen molar-refractivity contribution in [3.63, 3.8) is 0 Å². The Bertz CT molecular complexity index is 690. The topological polar surface area (TPSA) is 69.9 Å². The van der Waals surface area contributed by atoms with Gasteiger partial charge in [0.2, 0.25) is 5.91 Å². The highest BCUT2D eigenvalue weighted by atomic mass is 16.2. The molecule has 6 nitrogen and oxygen atoms in total. The largest absolute Gasteiger partial charge is 0.369 e. The molecule has 0 unspecified atom stereocenters. The van der Waals surface area contributed by atoms with Crippen LogP contribution in [-0.4, -0.2) is 67.4 Å². The zero-order chi connectivity index (χ0) is 17.4. The predicted molar refractivity (Wildman–Crippen MR) is 96.6 cm³/mol. The van der Waals surface area contributed by atoms with Crippen LogP contribution in [0.2, 0.25) is 0 Å². The smallest absolute Gasteiger partial charge is 0.256 e. The van der Waals surface area contributed by atoms with Gasteiger partial charge in [0.05, 0.1) is 17.2 Å². The molecule has 6 heteroatoms. The second-order valence-electron chi connectivity index (χ2n) is 7.38. The summed E-state index contributed by atoms with van der Waals surface area (Å²) in [6.07, 6.45) is 2.93. The average Bonchev–Trinajstić information content (AvgIpc) is 2.98. The van der Waals surface area contributed by atoms with Gasteiger partial charge in [-0.3, -0.25) is 9.59 Å². The lowest BCUT2D eigenvalue weighted by Gasteiger charge is -2.33. The molecule has 1 atom stereocenters. The first-order chi connectivity index (χ1) is 12.1. The van der Waals surface area contributed by atoms with E-state index in [2.05, 4.69) is 15.9 Å². The molecule has 0 aliphatic carbocycles. The molecule has 1 fully saturated rings. The minimum atomic E-state index is -0.199. The number of carbonyl (C=O) groups is 2. The summed E-state index contributed by atoms with van der Waals surface area (Å²) >= 11 is 0. The standard InChI is InChI=1S/C19H26N4O2/c20-18(24)15-4-2-7-21(13-15)9-10-23-12-11-22-8-6-14-3-1-5-16(17(14)22)19(23)25/h1,3,5,15H,2,4,6-13H2,(H2,20,24)/t15-/m1/s1. The van der Waals surface area contributed by atoms with Gasteiger partial charge in [0, 0.05) is 39.3 Å². The number of para-hydroxylation sites is 1. The van der Waals surface area contributed by atoms with Crippen LogP contribution in [0.4, 0.5) is 5.69 Å². The van der Waals surface area contributed by atoms with Gasteiger partial charge < -0.3 is 20.4 Å². The Kier molecular flexibility index (Phi) is 4.37. The number of piperidine rings is 1. The molecule has 3 aliphatic rings. The molecule has 0 saturated carbocycles. The van der Waals surface area contributed by atoms with Crippen LogP contribution in [0.15, 0.2) is 18.2 Å². The number of amides is 2. The van der Waals surface area contributed by atoms with Crippen LogP contribution < -0.4 is 10.6 Å². The molecule has 1 saturated heterocycles. The molecule has 4 rings (SSSR count). The van der Waals surface area contributed by atoms with Crippen molar-refractivity contribution in [1.82, 2.24) is 9.80 Å². The molecule has 134 valence electrons. The zero-order valence-corrected chi connectivity index (χ0v) is 14.6. The van der Waals surface area contributed by atoms with E-state index in [1.54, 1.807) is 0 Å². The van der Waals surface area contributed by atoms with Crippen LogP contribution in [0, 0.1) is 5.92 Å². The lowest BCUT2D eigenvalue weighted by molar-refractivity contribution is -0.123. The number of carbonyl (C=O) groups excluding carboxylic acids is 2. The van der Waals surface area contributed by atoms with Crippen molar-refractivity contribution in [2.75, 3.05) is 50.7 Å². The fourth-order valence-corrected chi connectivity index (χ4v) is 4.41. The zero-order valence-electron chi connectivity index (χ0n) is 14.6. The van der Waals surface area contributed by atoms with Crippen molar-refractivity contribution in [2.24, 2.45) is 11.7 Å². The van der Waals surface area contributed by atoms with Crippen LogP contribution in [0.3, 0.4) is 0 Å². The quantitative estimate of drug-likeness (QED) is 0.875. The van der Waals surface area contributed by atoms with Gasteiger partial charge in [0.25, 0.3) is 5.91 Å². The van der Waals surface area contributed by atoms with Gasteiger partial charge >= 0.3 is 0 Å². The Morgan fingerprint density at radius 1 is 1.16 bits per heavy atom. The number of anilines is 1. The maximum atomic E-state index is 13.0. The van der Waals surface area contributed by atoms with Gasteiger partial charge in [-0.05, 0) is 37.4 Å². The Hall–Kier alpha value is -2.08. The van der Waals surface area contributed by atoms with E-state index in [0.29, 0.717) is 6.54 Å². The van der Waals surface area contributed by atoms with E-state index >= 15 is 0 Å². The first kappa shape index (κ1) is 16.4. The fourth-order valence-electron chi connectivity index (χ4n) is 4.41. The lowest BCUT2D eigenvalue weighted by atomic mass is 9.97. The molecule has 3 heterocycles. The molecule has 25 heavy (non-hydrogen) atoms. The summed E-state index contributed by atoms with van der Waals surface area (Å²) in [6.45, 7) is 5.91. The van der Waals surface area contributed by atoms with Crippen molar-refractivity contribution in [1.29, 1.82) is 0 Å².